The summed E-state index contributed by atoms with van der Waals surface area (Å²) in [6.07, 6.45) is -1.19. The number of aromatic nitrogens is 6. The molecule has 12 heteroatoms. The minimum Gasteiger partial charge on any atom is -0.415 e. The maximum atomic E-state index is 14.6. The smallest absolute Gasteiger partial charge is 0.314 e. The van der Waals surface area contributed by atoms with Gasteiger partial charge in [-0.3, -0.25) is 0 Å². The van der Waals surface area contributed by atoms with E-state index in [1.165, 1.54) is 28.2 Å². The van der Waals surface area contributed by atoms with Crippen LogP contribution in [0.2, 0.25) is 0 Å². The van der Waals surface area contributed by atoms with Gasteiger partial charge in [-0.05, 0) is 24.3 Å². The van der Waals surface area contributed by atoms with Crippen LogP contribution in [0.5, 0.6) is 0 Å². The summed E-state index contributed by atoms with van der Waals surface area (Å²) in [5.41, 5.74) is 8.54. The first-order chi connectivity index (χ1) is 15.0. The Morgan fingerprint density at radius 2 is 1.90 bits per heavy atom. The summed E-state index contributed by atoms with van der Waals surface area (Å²) in [4.78, 5) is 4.22. The van der Waals surface area contributed by atoms with Crippen LogP contribution in [0.25, 0.3) is 32.9 Å². The lowest BCUT2D eigenvalue weighted by atomic mass is 10.1. The molecule has 0 aliphatic rings. The molecule has 3 aromatic heterocycles. The van der Waals surface area contributed by atoms with Crippen LogP contribution in [-0.2, 0) is 6.54 Å². The van der Waals surface area contributed by atoms with E-state index in [-0.39, 0.29) is 18.0 Å². The first-order valence-electron chi connectivity index (χ1n) is 8.93. The summed E-state index contributed by atoms with van der Waals surface area (Å²) >= 11 is 1.38. The van der Waals surface area contributed by atoms with Crippen molar-refractivity contribution >= 4 is 26.7 Å². The molecule has 0 amide bonds. The van der Waals surface area contributed by atoms with E-state index in [4.69, 9.17) is 10.2 Å². The number of fused-ring (bicyclic) bond motifs is 1. The molecule has 0 bridgehead atoms. The van der Waals surface area contributed by atoms with Crippen LogP contribution in [0.15, 0.2) is 47.0 Å². The predicted octanol–water partition coefficient (Wildman–Crippen LogP) is 4.31. The molecule has 156 valence electrons. The number of halogens is 3. The third-order valence-electron chi connectivity index (χ3n) is 4.50. The molecule has 0 atom stereocenters. The number of anilines is 1. The molecule has 3 heterocycles. The van der Waals surface area contributed by atoms with Gasteiger partial charge < -0.3 is 10.2 Å². The molecule has 5 rings (SSSR count). The molecule has 5 aromatic rings. The number of nitrogen functional groups attached to an aromatic ring is 1. The maximum absolute atomic E-state index is 14.6. The molecule has 0 aliphatic heterocycles. The topological polar surface area (TPSA) is 109 Å². The Hall–Kier alpha value is -3.80. The number of hydrogen-bond donors (Lipinski definition) is 1. The Morgan fingerprint density at radius 3 is 2.68 bits per heavy atom. The monoisotopic (exact) mass is 443 g/mol. The van der Waals surface area contributed by atoms with Crippen LogP contribution >= 0.6 is 11.3 Å². The third-order valence-corrected chi connectivity index (χ3v) is 5.35. The molecular weight excluding hydrogens is 431 g/mol. The number of nitrogens with two attached hydrogens (primary N) is 1. The molecule has 0 saturated heterocycles. The van der Waals surface area contributed by atoms with Gasteiger partial charge in [0.2, 0.25) is 5.89 Å². The first kappa shape index (κ1) is 19.2. The maximum Gasteiger partial charge on any atom is 0.314 e. The highest BCUT2D eigenvalue weighted by atomic mass is 32.1. The summed E-state index contributed by atoms with van der Waals surface area (Å²) in [5.74, 6) is -1.55. The van der Waals surface area contributed by atoms with Crippen molar-refractivity contribution in [1.29, 1.82) is 0 Å². The van der Waals surface area contributed by atoms with Gasteiger partial charge in [0.05, 0.1) is 23.0 Å². The fourth-order valence-corrected chi connectivity index (χ4v) is 3.81. The molecule has 0 saturated carbocycles. The summed E-state index contributed by atoms with van der Waals surface area (Å²) in [7, 11) is 0. The molecule has 0 radical (unpaired) electrons. The van der Waals surface area contributed by atoms with E-state index in [1.54, 1.807) is 6.20 Å². The van der Waals surface area contributed by atoms with Crippen molar-refractivity contribution in [3.8, 4) is 22.7 Å². The van der Waals surface area contributed by atoms with E-state index < -0.39 is 18.1 Å². The summed E-state index contributed by atoms with van der Waals surface area (Å²) in [5, 5.41) is 15.5. The summed E-state index contributed by atoms with van der Waals surface area (Å²) in [6.45, 7) is 0.126. The minimum absolute atomic E-state index is 0.126. The first-order valence-corrected chi connectivity index (χ1v) is 9.75. The molecule has 0 fully saturated rings. The zero-order valence-electron chi connectivity index (χ0n) is 15.5. The van der Waals surface area contributed by atoms with Gasteiger partial charge in [-0.2, -0.15) is 8.78 Å². The van der Waals surface area contributed by atoms with E-state index in [0.717, 1.165) is 21.8 Å². The Labute approximate surface area is 176 Å². The van der Waals surface area contributed by atoms with Gasteiger partial charge in [0.25, 0.3) is 5.89 Å². The lowest BCUT2D eigenvalue weighted by Gasteiger charge is -2.04. The van der Waals surface area contributed by atoms with Crippen LogP contribution in [0.1, 0.15) is 17.9 Å². The average molecular weight is 443 g/mol. The van der Waals surface area contributed by atoms with Gasteiger partial charge in [0.1, 0.15) is 11.5 Å². The number of thiazole rings is 1. The van der Waals surface area contributed by atoms with E-state index >= 15 is 0 Å². The highest BCUT2D eigenvalue weighted by molar-refractivity contribution is 7.22. The van der Waals surface area contributed by atoms with Crippen molar-refractivity contribution in [2.45, 2.75) is 13.0 Å². The summed E-state index contributed by atoms with van der Waals surface area (Å²) < 4.78 is 47.0. The molecule has 0 spiro atoms. The van der Waals surface area contributed by atoms with Crippen molar-refractivity contribution in [2.75, 3.05) is 5.73 Å². The van der Waals surface area contributed by atoms with E-state index in [9.17, 15) is 13.2 Å². The van der Waals surface area contributed by atoms with Crippen molar-refractivity contribution < 1.29 is 17.6 Å². The number of rotatable bonds is 5. The van der Waals surface area contributed by atoms with Crippen molar-refractivity contribution in [2.24, 2.45) is 0 Å². The fourth-order valence-electron chi connectivity index (χ4n) is 3.03. The van der Waals surface area contributed by atoms with Crippen LogP contribution in [0.4, 0.5) is 18.3 Å². The second-order valence-corrected chi connectivity index (χ2v) is 7.65. The lowest BCUT2D eigenvalue weighted by molar-refractivity contribution is 0.116. The Morgan fingerprint density at radius 1 is 1.06 bits per heavy atom. The number of hydrogen-bond acceptors (Lipinski definition) is 8. The van der Waals surface area contributed by atoms with Crippen molar-refractivity contribution in [3.63, 3.8) is 0 Å². The second-order valence-electron chi connectivity index (χ2n) is 6.59. The normalized spacial score (nSPS) is 11.6. The van der Waals surface area contributed by atoms with Crippen LogP contribution in [0, 0.1) is 5.82 Å². The highest BCUT2D eigenvalue weighted by Crippen LogP contribution is 2.29. The fraction of sp³-hybridized carbons (Fsp3) is 0.105. The molecule has 31 heavy (non-hydrogen) atoms. The second kappa shape index (κ2) is 7.47. The molecule has 2 aromatic carbocycles. The largest absolute Gasteiger partial charge is 0.415 e. The Kier molecular flexibility index (Phi) is 4.62. The SMILES string of the molecule is Nc1nc2ccc(-c3cn(Cc4ccc(-c5nnc(C(F)F)o5)cc4F)nn3)cc2s1. The van der Waals surface area contributed by atoms with E-state index in [0.29, 0.717) is 16.4 Å². The number of alkyl halides is 2. The van der Waals surface area contributed by atoms with Crippen LogP contribution < -0.4 is 5.73 Å². The minimum atomic E-state index is -2.89. The van der Waals surface area contributed by atoms with Gasteiger partial charge in [0.15, 0.2) is 5.13 Å². The molecule has 8 nitrogen and oxygen atoms in total. The molecule has 2 N–H and O–H groups in total. The Bertz CT molecular complexity index is 1390. The lowest BCUT2D eigenvalue weighted by Crippen LogP contribution is -2.03. The molecule has 0 unspecified atom stereocenters. The summed E-state index contributed by atoms with van der Waals surface area (Å²) in [6, 6.07) is 9.81. The average Bonchev–Trinajstić information content (AvgIpc) is 3.47. The Balaban J connectivity index is 1.36. The number of benzene rings is 2. The van der Waals surface area contributed by atoms with Gasteiger partial charge in [-0.15, -0.1) is 15.3 Å². The molecule has 0 aliphatic carbocycles. The molecular formula is C19H12F3N7OS. The van der Waals surface area contributed by atoms with Gasteiger partial charge in [0, 0.05) is 16.7 Å². The zero-order valence-corrected chi connectivity index (χ0v) is 16.4. The van der Waals surface area contributed by atoms with E-state index in [2.05, 4.69) is 25.5 Å². The highest BCUT2D eigenvalue weighted by Gasteiger charge is 2.18. The van der Waals surface area contributed by atoms with Gasteiger partial charge in [-0.1, -0.05) is 28.7 Å². The zero-order chi connectivity index (χ0) is 21.5. The van der Waals surface area contributed by atoms with Crippen LogP contribution in [-0.4, -0.2) is 30.2 Å². The van der Waals surface area contributed by atoms with Crippen LogP contribution in [0.3, 0.4) is 0 Å². The third kappa shape index (κ3) is 3.72. The van der Waals surface area contributed by atoms with Gasteiger partial charge in [-0.25, -0.2) is 14.1 Å². The van der Waals surface area contributed by atoms with Crippen molar-refractivity contribution in [3.05, 3.63) is 59.9 Å². The van der Waals surface area contributed by atoms with E-state index in [1.807, 2.05) is 18.2 Å². The predicted molar refractivity (Wildman–Crippen MR) is 107 cm³/mol. The number of nitrogens with zero attached hydrogens (tertiary/aromatic N) is 6. The van der Waals surface area contributed by atoms with Crippen molar-refractivity contribution in [1.82, 2.24) is 30.2 Å². The quantitative estimate of drug-likeness (QED) is 0.431. The standard InChI is InChI=1S/C19H12F3N7OS/c20-12-5-10(17-26-27-18(30-17)16(21)22)1-2-11(12)7-29-8-14(25-28-29)9-3-4-13-15(6-9)31-19(23)24-13/h1-6,8,16H,7H2,(H2,23,24). The van der Waals surface area contributed by atoms with Gasteiger partial charge >= 0.3 is 6.43 Å².